The number of nitrogens with one attached hydrogen (secondary N) is 1. The van der Waals surface area contributed by atoms with Crippen molar-refractivity contribution >= 4 is 34.8 Å². The van der Waals surface area contributed by atoms with Gasteiger partial charge in [-0.15, -0.1) is 0 Å². The molecule has 0 spiro atoms. The lowest BCUT2D eigenvalue weighted by Crippen LogP contribution is -2.27. The average molecular weight is 334 g/mol. The molecule has 6 heteroatoms. The summed E-state index contributed by atoms with van der Waals surface area (Å²) >= 11 is 12.0. The van der Waals surface area contributed by atoms with Gasteiger partial charge in [-0.3, -0.25) is 9.20 Å². The van der Waals surface area contributed by atoms with E-state index < -0.39 is 0 Å². The van der Waals surface area contributed by atoms with Crippen molar-refractivity contribution in [3.63, 3.8) is 0 Å². The van der Waals surface area contributed by atoms with Gasteiger partial charge in [0.05, 0.1) is 0 Å². The standard InChI is InChI=1S/C16H13Cl2N3O/c17-12-5-4-11(13(18)10-12)6-7-20-16(22)14-2-1-3-15-19-8-9-21(14)15/h1-5,8-10H,6-7H2,(H,20,22). The van der Waals surface area contributed by atoms with Gasteiger partial charge >= 0.3 is 0 Å². The monoisotopic (exact) mass is 333 g/mol. The van der Waals surface area contributed by atoms with Crippen molar-refractivity contribution < 1.29 is 4.79 Å². The lowest BCUT2D eigenvalue weighted by molar-refractivity contribution is 0.0948. The smallest absolute Gasteiger partial charge is 0.268 e. The number of hydrogen-bond donors (Lipinski definition) is 1. The Morgan fingerprint density at radius 1 is 1.23 bits per heavy atom. The molecular weight excluding hydrogens is 321 g/mol. The molecule has 0 aliphatic heterocycles. The molecule has 0 saturated heterocycles. The Labute approximate surface area is 137 Å². The van der Waals surface area contributed by atoms with Gasteiger partial charge in [0, 0.05) is 29.0 Å². The fourth-order valence-corrected chi connectivity index (χ4v) is 2.76. The minimum Gasteiger partial charge on any atom is -0.350 e. The number of halogens is 2. The minimum atomic E-state index is -0.145. The first kappa shape index (κ1) is 14.9. The number of hydrogen-bond acceptors (Lipinski definition) is 2. The van der Waals surface area contributed by atoms with Gasteiger partial charge in [0.15, 0.2) is 0 Å². The highest BCUT2D eigenvalue weighted by atomic mass is 35.5. The van der Waals surface area contributed by atoms with E-state index in [1.165, 1.54) is 0 Å². The molecule has 1 aromatic carbocycles. The molecule has 1 N–H and O–H groups in total. The van der Waals surface area contributed by atoms with Gasteiger partial charge in [-0.25, -0.2) is 4.98 Å². The quantitative estimate of drug-likeness (QED) is 0.792. The predicted octanol–water partition coefficient (Wildman–Crippen LogP) is 3.61. The molecule has 112 valence electrons. The molecule has 2 heterocycles. The topological polar surface area (TPSA) is 46.4 Å². The molecule has 0 saturated carbocycles. The molecule has 0 bridgehead atoms. The Bertz CT molecular complexity index is 829. The number of benzene rings is 1. The summed E-state index contributed by atoms with van der Waals surface area (Å²) in [5.74, 6) is -0.145. The molecule has 0 aliphatic rings. The number of carbonyl (C=O) groups is 1. The number of amides is 1. The highest BCUT2D eigenvalue weighted by Gasteiger charge is 2.10. The summed E-state index contributed by atoms with van der Waals surface area (Å²) in [5, 5.41) is 4.10. The summed E-state index contributed by atoms with van der Waals surface area (Å²) in [5.41, 5.74) is 2.25. The zero-order valence-corrected chi connectivity index (χ0v) is 13.1. The first-order chi connectivity index (χ1) is 10.6. The lowest BCUT2D eigenvalue weighted by Gasteiger charge is -2.08. The van der Waals surface area contributed by atoms with Crippen molar-refractivity contribution in [3.8, 4) is 0 Å². The van der Waals surface area contributed by atoms with Crippen LogP contribution in [0, 0.1) is 0 Å². The zero-order valence-electron chi connectivity index (χ0n) is 11.6. The Hall–Kier alpha value is -2.04. The van der Waals surface area contributed by atoms with Crippen molar-refractivity contribution in [2.45, 2.75) is 6.42 Å². The van der Waals surface area contributed by atoms with Gasteiger partial charge in [-0.1, -0.05) is 35.3 Å². The van der Waals surface area contributed by atoms with Crippen LogP contribution in [-0.2, 0) is 6.42 Å². The van der Waals surface area contributed by atoms with Crippen LogP contribution < -0.4 is 5.32 Å². The van der Waals surface area contributed by atoms with E-state index in [0.717, 1.165) is 11.2 Å². The van der Waals surface area contributed by atoms with E-state index in [1.807, 2.05) is 18.2 Å². The number of rotatable bonds is 4. The largest absolute Gasteiger partial charge is 0.350 e. The van der Waals surface area contributed by atoms with Crippen LogP contribution in [0.2, 0.25) is 10.0 Å². The summed E-state index contributed by atoms with van der Waals surface area (Å²) < 4.78 is 1.75. The first-order valence-corrected chi connectivity index (χ1v) is 7.55. The fraction of sp³-hybridized carbons (Fsp3) is 0.125. The highest BCUT2D eigenvalue weighted by molar-refractivity contribution is 6.35. The number of nitrogens with zero attached hydrogens (tertiary/aromatic N) is 2. The molecule has 0 fully saturated rings. The maximum absolute atomic E-state index is 12.3. The Morgan fingerprint density at radius 2 is 2.09 bits per heavy atom. The van der Waals surface area contributed by atoms with Crippen LogP contribution in [0.4, 0.5) is 0 Å². The second kappa shape index (κ2) is 6.38. The average Bonchev–Trinajstić information content (AvgIpc) is 2.97. The molecule has 0 aliphatic carbocycles. The van der Waals surface area contributed by atoms with E-state index in [2.05, 4.69) is 10.3 Å². The van der Waals surface area contributed by atoms with Crippen LogP contribution in [0.3, 0.4) is 0 Å². The van der Waals surface area contributed by atoms with Crippen LogP contribution in [0.5, 0.6) is 0 Å². The maximum Gasteiger partial charge on any atom is 0.268 e. The number of carbonyl (C=O) groups excluding carboxylic acids is 1. The molecule has 4 nitrogen and oxygen atoms in total. The molecule has 0 atom stereocenters. The normalized spacial score (nSPS) is 10.8. The molecule has 3 aromatic rings. The van der Waals surface area contributed by atoms with Gasteiger partial charge in [0.25, 0.3) is 5.91 Å². The molecule has 22 heavy (non-hydrogen) atoms. The second-order valence-corrected chi connectivity index (χ2v) is 5.65. The molecule has 0 unspecified atom stereocenters. The van der Waals surface area contributed by atoms with E-state index in [-0.39, 0.29) is 5.91 Å². The van der Waals surface area contributed by atoms with Crippen molar-refractivity contribution in [2.75, 3.05) is 6.54 Å². The van der Waals surface area contributed by atoms with Crippen LogP contribution in [0.15, 0.2) is 48.8 Å². The van der Waals surface area contributed by atoms with Gasteiger partial charge in [-0.05, 0) is 36.2 Å². The summed E-state index contributed by atoms with van der Waals surface area (Å²) in [6, 6.07) is 10.8. The molecule has 2 aromatic heterocycles. The van der Waals surface area contributed by atoms with Crippen molar-refractivity contribution in [2.24, 2.45) is 0 Å². The third-order valence-corrected chi connectivity index (χ3v) is 3.94. The SMILES string of the molecule is O=C(NCCc1ccc(Cl)cc1Cl)c1cccc2nccn12. The van der Waals surface area contributed by atoms with E-state index >= 15 is 0 Å². The number of pyridine rings is 1. The number of fused-ring (bicyclic) bond motifs is 1. The molecule has 1 amide bonds. The van der Waals surface area contributed by atoms with Gasteiger partial charge in [-0.2, -0.15) is 0 Å². The summed E-state index contributed by atoms with van der Waals surface area (Å²) in [6.07, 6.45) is 4.07. The van der Waals surface area contributed by atoms with Crippen LogP contribution in [0.25, 0.3) is 5.65 Å². The van der Waals surface area contributed by atoms with E-state index in [1.54, 1.807) is 35.0 Å². The van der Waals surface area contributed by atoms with E-state index in [0.29, 0.717) is 28.7 Å². The predicted molar refractivity (Wildman–Crippen MR) is 87.7 cm³/mol. The maximum atomic E-state index is 12.3. The van der Waals surface area contributed by atoms with E-state index in [9.17, 15) is 4.79 Å². The molecule has 3 rings (SSSR count). The highest BCUT2D eigenvalue weighted by Crippen LogP contribution is 2.21. The summed E-state index contributed by atoms with van der Waals surface area (Å²) in [7, 11) is 0. The van der Waals surface area contributed by atoms with Crippen LogP contribution >= 0.6 is 23.2 Å². The Morgan fingerprint density at radius 3 is 2.91 bits per heavy atom. The van der Waals surface area contributed by atoms with Crippen molar-refractivity contribution in [1.29, 1.82) is 0 Å². The van der Waals surface area contributed by atoms with Crippen molar-refractivity contribution in [3.05, 3.63) is 70.1 Å². The van der Waals surface area contributed by atoms with Crippen LogP contribution in [0.1, 0.15) is 16.1 Å². The third-order valence-electron chi connectivity index (χ3n) is 3.36. The van der Waals surface area contributed by atoms with Gasteiger partial charge in [0.1, 0.15) is 11.3 Å². The van der Waals surface area contributed by atoms with Gasteiger partial charge < -0.3 is 5.32 Å². The minimum absolute atomic E-state index is 0.145. The number of imidazole rings is 1. The van der Waals surface area contributed by atoms with Crippen LogP contribution in [-0.4, -0.2) is 21.8 Å². The molecule has 0 radical (unpaired) electrons. The van der Waals surface area contributed by atoms with E-state index in [4.69, 9.17) is 23.2 Å². The summed E-state index contributed by atoms with van der Waals surface area (Å²) in [4.78, 5) is 16.4. The number of aromatic nitrogens is 2. The Kier molecular flexibility index (Phi) is 4.32. The first-order valence-electron chi connectivity index (χ1n) is 6.79. The zero-order chi connectivity index (χ0) is 15.5. The lowest BCUT2D eigenvalue weighted by atomic mass is 10.1. The Balaban J connectivity index is 1.66. The van der Waals surface area contributed by atoms with Gasteiger partial charge in [0.2, 0.25) is 0 Å². The summed E-state index contributed by atoms with van der Waals surface area (Å²) in [6.45, 7) is 0.491. The van der Waals surface area contributed by atoms with Crippen molar-refractivity contribution in [1.82, 2.24) is 14.7 Å². The third kappa shape index (κ3) is 3.08. The molecular formula is C16H13Cl2N3O. The fourth-order valence-electron chi connectivity index (χ4n) is 2.26. The second-order valence-electron chi connectivity index (χ2n) is 4.81.